The molecule has 2 aliphatic heterocycles. The first kappa shape index (κ1) is 67.5. The molecule has 2 aliphatic rings. The molecule has 82 heavy (non-hydrogen) atoms. The highest BCUT2D eigenvalue weighted by atomic mass is 16.4. The first-order valence-corrected chi connectivity index (χ1v) is 27.8. The van der Waals surface area contributed by atoms with Crippen LogP contribution in [0.2, 0.25) is 0 Å². The second-order valence-corrected chi connectivity index (χ2v) is 20.9. The zero-order valence-corrected chi connectivity index (χ0v) is 47.4. The van der Waals surface area contributed by atoms with Gasteiger partial charge in [0.05, 0.1) is 44.8 Å². The van der Waals surface area contributed by atoms with Gasteiger partial charge >= 0.3 is 25.0 Å². The van der Waals surface area contributed by atoms with Crippen LogP contribution in [0.3, 0.4) is 0 Å². The zero-order valence-electron chi connectivity index (χ0n) is 47.4. The highest BCUT2D eigenvalue weighted by molar-refractivity contribution is 6.43. The van der Waals surface area contributed by atoms with Gasteiger partial charge < -0.3 is 72.2 Å². The molecule has 28 nitrogen and oxygen atoms in total. The van der Waals surface area contributed by atoms with E-state index in [9.17, 15) is 73.6 Å². The summed E-state index contributed by atoms with van der Waals surface area (Å²) in [6.07, 6.45) is 2.60. The van der Waals surface area contributed by atoms with Crippen LogP contribution in [0.1, 0.15) is 78.5 Å². The van der Waals surface area contributed by atoms with Gasteiger partial charge in [-0.15, -0.1) is 0 Å². The standard InChI is InChI=1S/C53H84BN13O15/c1-61(2)53(55)58-20-11-14-42(60-44(69)15-7-9-18-56-45(70)33-63-22-24-64(34-47(72)73)26-28-66(36-49(76)77)29-27-65(25-23-63)35-48(74)75)52(80)62(3)21-10-4-8-19-57-50(78)40-16-17-41(39-13-6-5-12-38(39)40)51(79)59-31-46(71)67-32-37(68)30-43(67)54(81)82/h5-6,12-13,16-17,37,42-43,68,81-82H,4,7-11,14-15,18-36H2,1-3H3,(H2,55,58)(H,56,70)(H,57,78)(H,59,79)(H,60,69)(H,72,73)(H,74,75)(H,76,77). The maximum absolute atomic E-state index is 13.8. The summed E-state index contributed by atoms with van der Waals surface area (Å²) < 4.78 is 0. The lowest BCUT2D eigenvalue weighted by Gasteiger charge is -2.32. The van der Waals surface area contributed by atoms with E-state index in [-0.39, 0.29) is 121 Å². The van der Waals surface area contributed by atoms with Gasteiger partial charge in [0.15, 0.2) is 5.96 Å². The fourth-order valence-electron chi connectivity index (χ4n) is 9.62. The van der Waals surface area contributed by atoms with E-state index in [2.05, 4.69) is 26.3 Å². The van der Waals surface area contributed by atoms with Crippen molar-refractivity contribution >= 4 is 77.2 Å². The number of amides is 6. The smallest absolute Gasteiger partial charge is 0.475 e. The Labute approximate surface area is 478 Å². The lowest BCUT2D eigenvalue weighted by molar-refractivity contribution is -0.140. The SMILES string of the molecule is CN(C)C(N)=NCCCC(NC(=O)CCCCNC(=O)CN1CCN(CC(=O)O)CCN(CC(=O)O)CCN(CC(=O)O)CC1)C(=O)N(C)CCCCCNC(=O)c1ccc(C(=O)NCC(=O)N2CC(O)CC2B(O)O)c2ccccc12. The van der Waals surface area contributed by atoms with Crippen molar-refractivity contribution in [1.29, 1.82) is 0 Å². The third-order valence-electron chi connectivity index (χ3n) is 14.2. The maximum atomic E-state index is 13.8. The minimum Gasteiger partial charge on any atom is -0.480 e. The Morgan fingerprint density at radius 3 is 1.67 bits per heavy atom. The lowest BCUT2D eigenvalue weighted by Crippen LogP contribution is -2.49. The third kappa shape index (κ3) is 23.8. The molecule has 0 aliphatic carbocycles. The predicted molar refractivity (Wildman–Crippen MR) is 303 cm³/mol. The number of carbonyl (C=O) groups is 9. The van der Waals surface area contributed by atoms with Crippen molar-refractivity contribution in [3.63, 3.8) is 0 Å². The number of β-amino-alcohol motifs (C(OH)–C–C–N with tert-alkyl or cyclic N) is 1. The number of carboxylic acid groups (broad SMARTS) is 3. The molecule has 0 radical (unpaired) electrons. The highest BCUT2D eigenvalue weighted by Gasteiger charge is 2.41. The molecule has 0 bridgehead atoms. The number of likely N-dealkylation sites (tertiary alicyclic amines) is 1. The molecule has 3 unspecified atom stereocenters. The van der Waals surface area contributed by atoms with E-state index in [1.807, 2.05) is 4.90 Å². The Morgan fingerprint density at radius 1 is 0.659 bits per heavy atom. The van der Waals surface area contributed by atoms with Gasteiger partial charge in [0.25, 0.3) is 11.8 Å². The van der Waals surface area contributed by atoms with E-state index >= 15 is 0 Å². The number of aliphatic hydroxyl groups is 1. The Bertz CT molecular complexity index is 2480. The number of aliphatic imine (C=N–C) groups is 1. The molecule has 12 N–H and O–H groups in total. The zero-order chi connectivity index (χ0) is 60.3. The van der Waals surface area contributed by atoms with Crippen molar-refractivity contribution in [2.75, 3.05) is 139 Å². The van der Waals surface area contributed by atoms with Gasteiger partial charge in [0.2, 0.25) is 23.6 Å². The second kappa shape index (κ2) is 35.1. The molecule has 454 valence electrons. The van der Waals surface area contributed by atoms with Crippen molar-refractivity contribution in [3.8, 4) is 0 Å². The number of nitrogens with one attached hydrogen (secondary N) is 4. The van der Waals surface area contributed by atoms with E-state index in [1.165, 1.54) is 12.1 Å². The predicted octanol–water partition coefficient (Wildman–Crippen LogP) is -3.19. The molecular formula is C53H84BN13O15. The summed E-state index contributed by atoms with van der Waals surface area (Å²) in [5.74, 6) is -6.30. The number of aliphatic carboxylic acids is 3. The largest absolute Gasteiger partial charge is 0.480 e. The number of hydrogen-bond donors (Lipinski definition) is 11. The van der Waals surface area contributed by atoms with E-state index in [0.29, 0.717) is 100.0 Å². The molecule has 0 saturated carbocycles. The van der Waals surface area contributed by atoms with Gasteiger partial charge in [0.1, 0.15) is 6.04 Å². The summed E-state index contributed by atoms with van der Waals surface area (Å²) in [7, 11) is 3.33. The van der Waals surface area contributed by atoms with Crippen LogP contribution in [-0.4, -0.2) is 288 Å². The van der Waals surface area contributed by atoms with Crippen molar-refractivity contribution < 1.29 is 73.6 Å². The van der Waals surface area contributed by atoms with E-state index in [0.717, 1.165) is 4.90 Å². The minimum atomic E-state index is -1.85. The normalized spacial score (nSPS) is 17.4. The first-order valence-electron chi connectivity index (χ1n) is 27.8. The van der Waals surface area contributed by atoms with Crippen LogP contribution in [0.25, 0.3) is 10.8 Å². The Kier molecular flexibility index (Phi) is 28.9. The third-order valence-corrected chi connectivity index (χ3v) is 14.2. The number of unbranched alkanes of at least 4 members (excludes halogenated alkanes) is 3. The summed E-state index contributed by atoms with van der Waals surface area (Å²) >= 11 is 0. The molecule has 3 atom stereocenters. The number of benzene rings is 2. The van der Waals surface area contributed by atoms with Crippen molar-refractivity contribution in [2.45, 2.75) is 75.9 Å². The average Bonchev–Trinajstić information content (AvgIpc) is 3.83. The number of nitrogens with zero attached hydrogens (tertiary/aromatic N) is 8. The highest BCUT2D eigenvalue weighted by Crippen LogP contribution is 2.24. The van der Waals surface area contributed by atoms with Gasteiger partial charge in [-0.05, 0) is 74.3 Å². The number of aliphatic hydroxyl groups excluding tert-OH is 1. The summed E-state index contributed by atoms with van der Waals surface area (Å²) in [5.41, 5.74) is 6.52. The molecule has 4 rings (SSSR count). The van der Waals surface area contributed by atoms with Crippen molar-refractivity contribution in [1.82, 2.24) is 55.6 Å². The van der Waals surface area contributed by atoms with Gasteiger partial charge in [-0.2, -0.15) is 0 Å². The van der Waals surface area contributed by atoms with Crippen LogP contribution < -0.4 is 27.0 Å². The minimum absolute atomic E-state index is 0.00465. The molecular weight excluding hydrogens is 1070 g/mol. The van der Waals surface area contributed by atoms with Crippen LogP contribution in [0.4, 0.5) is 0 Å². The fourth-order valence-corrected chi connectivity index (χ4v) is 9.62. The lowest BCUT2D eigenvalue weighted by atomic mass is 9.77. The number of guanidine groups is 1. The second-order valence-electron chi connectivity index (χ2n) is 20.9. The molecule has 2 heterocycles. The van der Waals surface area contributed by atoms with Crippen LogP contribution in [0.15, 0.2) is 41.4 Å². The number of fused-ring (bicyclic) bond motifs is 1. The van der Waals surface area contributed by atoms with Gasteiger partial charge in [-0.1, -0.05) is 24.3 Å². The molecule has 2 aromatic carbocycles. The topological polar surface area (TPSA) is 384 Å². The van der Waals surface area contributed by atoms with Gasteiger partial charge in [-0.3, -0.25) is 67.7 Å². The Balaban J connectivity index is 1.23. The van der Waals surface area contributed by atoms with Gasteiger partial charge in [0, 0.05) is 124 Å². The van der Waals surface area contributed by atoms with Crippen molar-refractivity contribution in [2.24, 2.45) is 10.7 Å². The molecule has 29 heteroatoms. The summed E-state index contributed by atoms with van der Waals surface area (Å²) in [4.78, 5) is 130. The number of likely N-dealkylation sites (N-methyl/N-ethyl adjacent to an activating group) is 1. The number of hydrogen-bond acceptors (Lipinski definition) is 17. The van der Waals surface area contributed by atoms with Crippen molar-refractivity contribution in [3.05, 3.63) is 47.5 Å². The summed E-state index contributed by atoms with van der Waals surface area (Å²) in [6, 6.07) is 9.03. The fraction of sp³-hybridized carbons (Fsp3) is 0.623. The first-order chi connectivity index (χ1) is 39.0. The van der Waals surface area contributed by atoms with Crippen LogP contribution in [-0.2, 0) is 33.6 Å². The number of nitrogens with two attached hydrogens (primary N) is 1. The van der Waals surface area contributed by atoms with Gasteiger partial charge in [-0.25, -0.2) is 0 Å². The van der Waals surface area contributed by atoms with Crippen LogP contribution in [0, 0.1) is 0 Å². The van der Waals surface area contributed by atoms with Crippen LogP contribution >= 0.6 is 0 Å². The molecule has 0 spiro atoms. The van der Waals surface area contributed by atoms with E-state index < -0.39 is 61.5 Å². The quantitative estimate of drug-likeness (QED) is 0.0159. The molecule has 2 fully saturated rings. The molecule has 6 amide bonds. The van der Waals surface area contributed by atoms with E-state index in [4.69, 9.17) is 5.73 Å². The maximum Gasteiger partial charge on any atom is 0.475 e. The Morgan fingerprint density at radius 2 is 1.16 bits per heavy atom. The summed E-state index contributed by atoms with van der Waals surface area (Å²) in [5, 5.41) is 69.9. The number of carboxylic acids is 3. The van der Waals surface area contributed by atoms with E-state index in [1.54, 1.807) is 69.9 Å². The summed E-state index contributed by atoms with van der Waals surface area (Å²) in [6.45, 7) is 1.95. The average molecular weight is 1150 g/mol. The molecule has 2 aromatic rings. The monoisotopic (exact) mass is 1150 g/mol. The number of carbonyl (C=O) groups excluding carboxylic acids is 6. The molecule has 0 aromatic heterocycles. The Hall–Kier alpha value is -7.02. The molecule has 2 saturated heterocycles. The number of rotatable bonds is 30. The van der Waals surface area contributed by atoms with Crippen LogP contribution in [0.5, 0.6) is 0 Å².